The van der Waals surface area contributed by atoms with E-state index in [1.165, 1.54) is 0 Å². The van der Waals surface area contributed by atoms with Crippen LogP contribution in [0.2, 0.25) is 0 Å². The van der Waals surface area contributed by atoms with Crippen LogP contribution in [0, 0.1) is 6.92 Å². The monoisotopic (exact) mass is 222 g/mol. The summed E-state index contributed by atoms with van der Waals surface area (Å²) in [7, 11) is 0. The molecule has 14 heavy (non-hydrogen) atoms. The summed E-state index contributed by atoms with van der Waals surface area (Å²) in [5, 5.41) is 0. The summed E-state index contributed by atoms with van der Waals surface area (Å²) >= 11 is 0.736. The fraction of sp³-hybridized carbons (Fsp3) is 0.333. The van der Waals surface area contributed by atoms with Gasteiger partial charge >= 0.3 is 6.18 Å². The van der Waals surface area contributed by atoms with Crippen LogP contribution in [0.1, 0.15) is 5.56 Å². The first-order valence-electron chi connectivity index (χ1n) is 3.90. The minimum atomic E-state index is -4.27. The van der Waals surface area contributed by atoms with Gasteiger partial charge in [0.15, 0.2) is 6.61 Å². The molecular weight excluding hydrogens is 213 g/mol. The summed E-state index contributed by atoms with van der Waals surface area (Å²) in [6.07, 6.45) is -4.27. The maximum absolute atomic E-state index is 11.7. The molecule has 0 N–H and O–H groups in total. The summed E-state index contributed by atoms with van der Waals surface area (Å²) in [6.45, 7) is 0.677. The molecule has 0 aliphatic rings. The van der Waals surface area contributed by atoms with Crippen LogP contribution in [-0.4, -0.2) is 12.8 Å². The highest BCUT2D eigenvalue weighted by molar-refractivity contribution is 7.94. The van der Waals surface area contributed by atoms with Crippen molar-refractivity contribution in [3.63, 3.8) is 0 Å². The molecule has 0 saturated heterocycles. The Bertz CT molecular complexity index is 281. The van der Waals surface area contributed by atoms with Crippen LogP contribution < -0.4 is 0 Å². The summed E-state index contributed by atoms with van der Waals surface area (Å²) < 4.78 is 39.5. The average Bonchev–Trinajstić information content (AvgIpc) is 2.06. The second-order valence-electron chi connectivity index (χ2n) is 2.77. The third-order valence-electron chi connectivity index (χ3n) is 1.40. The maximum Gasteiger partial charge on any atom is 0.413 e. The van der Waals surface area contributed by atoms with Crippen LogP contribution >= 0.6 is 12.0 Å². The van der Waals surface area contributed by atoms with E-state index in [1.54, 1.807) is 12.1 Å². The molecule has 1 rings (SSSR count). The van der Waals surface area contributed by atoms with Crippen molar-refractivity contribution in [2.24, 2.45) is 0 Å². The normalized spacial score (nSPS) is 11.7. The van der Waals surface area contributed by atoms with Gasteiger partial charge in [-0.25, -0.2) is 0 Å². The molecule has 1 aromatic carbocycles. The lowest BCUT2D eigenvalue weighted by Crippen LogP contribution is -2.14. The van der Waals surface area contributed by atoms with Gasteiger partial charge in [0.25, 0.3) is 0 Å². The van der Waals surface area contributed by atoms with Crippen molar-refractivity contribution in [1.29, 1.82) is 0 Å². The van der Waals surface area contributed by atoms with E-state index in [-0.39, 0.29) is 0 Å². The highest BCUT2D eigenvalue weighted by Crippen LogP contribution is 2.23. The van der Waals surface area contributed by atoms with Crippen molar-refractivity contribution >= 4 is 12.0 Å². The third kappa shape index (κ3) is 4.53. The predicted octanol–water partition coefficient (Wildman–Crippen LogP) is 3.58. The Kier molecular flexibility index (Phi) is 3.83. The van der Waals surface area contributed by atoms with E-state index in [9.17, 15) is 13.2 Å². The molecular formula is C9H9F3OS. The summed E-state index contributed by atoms with van der Waals surface area (Å²) in [6, 6.07) is 7.07. The van der Waals surface area contributed by atoms with Crippen LogP contribution in [0.5, 0.6) is 0 Å². The number of rotatable bonds is 3. The van der Waals surface area contributed by atoms with E-state index in [0.717, 1.165) is 17.6 Å². The first-order valence-corrected chi connectivity index (χ1v) is 4.64. The second kappa shape index (κ2) is 4.70. The van der Waals surface area contributed by atoms with Gasteiger partial charge in [-0.1, -0.05) is 17.7 Å². The van der Waals surface area contributed by atoms with Gasteiger partial charge in [0, 0.05) is 16.9 Å². The molecule has 0 radical (unpaired) electrons. The number of benzene rings is 1. The van der Waals surface area contributed by atoms with Crippen molar-refractivity contribution < 1.29 is 17.4 Å². The molecule has 0 saturated carbocycles. The highest BCUT2D eigenvalue weighted by atomic mass is 32.2. The molecule has 0 heterocycles. The van der Waals surface area contributed by atoms with Crippen molar-refractivity contribution in [2.75, 3.05) is 6.61 Å². The van der Waals surface area contributed by atoms with Crippen LogP contribution in [0.3, 0.4) is 0 Å². The molecule has 0 bridgehead atoms. The fourth-order valence-corrected chi connectivity index (χ4v) is 1.33. The van der Waals surface area contributed by atoms with Crippen molar-refractivity contribution in [3.8, 4) is 0 Å². The van der Waals surface area contributed by atoms with Crippen molar-refractivity contribution in [1.82, 2.24) is 0 Å². The van der Waals surface area contributed by atoms with Crippen LogP contribution in [0.25, 0.3) is 0 Å². The van der Waals surface area contributed by atoms with Gasteiger partial charge in [-0.05, 0) is 19.1 Å². The molecule has 0 amide bonds. The number of halogens is 3. The zero-order chi connectivity index (χ0) is 10.6. The van der Waals surface area contributed by atoms with E-state index >= 15 is 0 Å². The second-order valence-corrected chi connectivity index (χ2v) is 3.65. The minimum Gasteiger partial charge on any atom is -0.301 e. The SMILES string of the molecule is Cc1ccc(SOCC(F)(F)F)cc1. The zero-order valence-corrected chi connectivity index (χ0v) is 8.28. The molecule has 0 atom stereocenters. The predicted molar refractivity (Wildman–Crippen MR) is 49.0 cm³/mol. The Morgan fingerprint density at radius 2 is 1.79 bits per heavy atom. The first-order chi connectivity index (χ1) is 6.47. The molecule has 0 aliphatic heterocycles. The fourth-order valence-electron chi connectivity index (χ4n) is 0.758. The number of hydrogen-bond acceptors (Lipinski definition) is 2. The van der Waals surface area contributed by atoms with Gasteiger partial charge in [-0.15, -0.1) is 0 Å². The molecule has 0 unspecified atom stereocenters. The molecule has 0 spiro atoms. The topological polar surface area (TPSA) is 9.23 Å². The Hall–Kier alpha value is -0.680. The standard InChI is InChI=1S/C9H9F3OS/c1-7-2-4-8(5-3-7)14-13-6-9(10,11)12/h2-5H,6H2,1H3. The average molecular weight is 222 g/mol. The van der Waals surface area contributed by atoms with Crippen LogP contribution in [0.15, 0.2) is 29.2 Å². The molecule has 1 nitrogen and oxygen atoms in total. The van der Waals surface area contributed by atoms with Gasteiger partial charge in [0.1, 0.15) is 0 Å². The number of alkyl halides is 3. The Morgan fingerprint density at radius 1 is 1.21 bits per heavy atom. The molecule has 0 fully saturated rings. The highest BCUT2D eigenvalue weighted by Gasteiger charge is 2.27. The third-order valence-corrected chi connectivity index (χ3v) is 2.10. The van der Waals surface area contributed by atoms with E-state index in [0.29, 0.717) is 4.90 Å². The van der Waals surface area contributed by atoms with Gasteiger partial charge in [0.05, 0.1) is 0 Å². The van der Waals surface area contributed by atoms with Crippen molar-refractivity contribution in [3.05, 3.63) is 29.8 Å². The maximum atomic E-state index is 11.7. The van der Waals surface area contributed by atoms with Crippen LogP contribution in [0.4, 0.5) is 13.2 Å². The number of hydrogen-bond donors (Lipinski definition) is 0. The van der Waals surface area contributed by atoms with E-state index in [2.05, 4.69) is 4.18 Å². The quantitative estimate of drug-likeness (QED) is 0.723. The Balaban J connectivity index is 2.35. The number of aryl methyl sites for hydroxylation is 1. The summed E-state index contributed by atoms with van der Waals surface area (Å²) in [4.78, 5) is 0.667. The zero-order valence-electron chi connectivity index (χ0n) is 7.47. The summed E-state index contributed by atoms with van der Waals surface area (Å²) in [5.74, 6) is 0. The van der Waals surface area contributed by atoms with E-state index in [4.69, 9.17) is 0 Å². The lowest BCUT2D eigenvalue weighted by molar-refractivity contribution is -0.150. The molecule has 5 heteroatoms. The lowest BCUT2D eigenvalue weighted by Gasteiger charge is -2.05. The lowest BCUT2D eigenvalue weighted by atomic mass is 10.2. The smallest absolute Gasteiger partial charge is 0.301 e. The molecule has 78 valence electrons. The first kappa shape index (κ1) is 11.4. The van der Waals surface area contributed by atoms with E-state index in [1.807, 2.05) is 19.1 Å². The summed E-state index contributed by atoms with van der Waals surface area (Å²) in [5.41, 5.74) is 1.06. The Morgan fingerprint density at radius 3 is 2.29 bits per heavy atom. The van der Waals surface area contributed by atoms with Gasteiger partial charge in [-0.3, -0.25) is 0 Å². The van der Waals surface area contributed by atoms with Crippen molar-refractivity contribution in [2.45, 2.75) is 18.0 Å². The van der Waals surface area contributed by atoms with Crippen LogP contribution in [-0.2, 0) is 4.18 Å². The van der Waals surface area contributed by atoms with Gasteiger partial charge < -0.3 is 4.18 Å². The molecule has 1 aromatic rings. The van der Waals surface area contributed by atoms with Gasteiger partial charge in [0.2, 0.25) is 0 Å². The Labute approximate surface area is 84.5 Å². The minimum absolute atomic E-state index is 0.667. The molecule has 0 aliphatic carbocycles. The van der Waals surface area contributed by atoms with E-state index < -0.39 is 12.8 Å². The largest absolute Gasteiger partial charge is 0.413 e. The molecule has 0 aromatic heterocycles. The van der Waals surface area contributed by atoms with Gasteiger partial charge in [-0.2, -0.15) is 13.2 Å².